The first-order chi connectivity index (χ1) is 9.64. The first-order valence-electron chi connectivity index (χ1n) is 7.06. The minimum Gasteiger partial charge on any atom is -0.459 e. The number of aryl methyl sites for hydroxylation is 1. The third-order valence-corrected chi connectivity index (χ3v) is 4.13. The maximum absolute atomic E-state index is 10.3. The lowest BCUT2D eigenvalue weighted by Crippen LogP contribution is -2.62. The van der Waals surface area contributed by atoms with Crippen LogP contribution in [0.15, 0.2) is 24.3 Å². The molecule has 1 saturated heterocycles. The quantitative estimate of drug-likeness (QED) is 0.739. The lowest BCUT2D eigenvalue weighted by molar-refractivity contribution is -0.315. The molecule has 20 heavy (non-hydrogen) atoms. The standard InChI is InChI=1S/C15H20O5/c16-8-6-11-9-12(17)14(18)15(19-11)7-5-10-3-1-2-4-13(10)20-15/h1-4,11-12,14,16-18H,5-9H2/t11-,12+,14-,15-/m0/s1. The van der Waals surface area contributed by atoms with Crippen molar-refractivity contribution in [2.45, 2.75) is 49.8 Å². The van der Waals surface area contributed by atoms with Gasteiger partial charge in [-0.1, -0.05) is 18.2 Å². The Labute approximate surface area is 117 Å². The molecule has 1 spiro atoms. The van der Waals surface area contributed by atoms with Crippen molar-refractivity contribution in [2.75, 3.05) is 6.61 Å². The largest absolute Gasteiger partial charge is 0.459 e. The second-order valence-corrected chi connectivity index (χ2v) is 5.52. The molecule has 1 fully saturated rings. The molecular formula is C15H20O5. The number of aliphatic hydroxyl groups excluding tert-OH is 3. The lowest BCUT2D eigenvalue weighted by atomic mass is 9.88. The Morgan fingerprint density at radius 2 is 2.05 bits per heavy atom. The van der Waals surface area contributed by atoms with Crippen LogP contribution in [0.25, 0.3) is 0 Å². The summed E-state index contributed by atoms with van der Waals surface area (Å²) in [5.41, 5.74) is 1.08. The van der Waals surface area contributed by atoms with Crippen LogP contribution in [0.2, 0.25) is 0 Å². The van der Waals surface area contributed by atoms with Gasteiger partial charge in [-0.2, -0.15) is 0 Å². The van der Waals surface area contributed by atoms with E-state index in [0.717, 1.165) is 12.0 Å². The number of para-hydroxylation sites is 1. The second kappa shape index (κ2) is 5.33. The molecule has 0 bridgehead atoms. The molecule has 5 heteroatoms. The van der Waals surface area contributed by atoms with E-state index in [-0.39, 0.29) is 12.7 Å². The summed E-state index contributed by atoms with van der Waals surface area (Å²) >= 11 is 0. The molecule has 2 aliphatic rings. The molecule has 0 aliphatic carbocycles. The molecule has 3 rings (SSSR count). The van der Waals surface area contributed by atoms with Crippen LogP contribution >= 0.6 is 0 Å². The van der Waals surface area contributed by atoms with Gasteiger partial charge in [0.05, 0.1) is 12.2 Å². The Hall–Kier alpha value is -1.14. The number of aliphatic hydroxyl groups is 3. The number of hydrogen-bond acceptors (Lipinski definition) is 5. The summed E-state index contributed by atoms with van der Waals surface area (Å²) in [6.07, 6.45) is -0.318. The first kappa shape index (κ1) is 13.8. The highest BCUT2D eigenvalue weighted by molar-refractivity contribution is 5.36. The fourth-order valence-electron chi connectivity index (χ4n) is 3.06. The Bertz CT molecular complexity index is 477. The van der Waals surface area contributed by atoms with E-state index in [9.17, 15) is 10.2 Å². The minimum atomic E-state index is -1.20. The zero-order valence-corrected chi connectivity index (χ0v) is 11.2. The van der Waals surface area contributed by atoms with Crippen molar-refractivity contribution in [3.63, 3.8) is 0 Å². The van der Waals surface area contributed by atoms with E-state index in [1.54, 1.807) is 0 Å². The molecule has 5 nitrogen and oxygen atoms in total. The van der Waals surface area contributed by atoms with Crippen molar-refractivity contribution in [2.24, 2.45) is 0 Å². The highest BCUT2D eigenvalue weighted by Gasteiger charge is 2.52. The lowest BCUT2D eigenvalue weighted by Gasteiger charge is -2.48. The summed E-state index contributed by atoms with van der Waals surface area (Å²) in [6.45, 7) is -0.0137. The van der Waals surface area contributed by atoms with Gasteiger partial charge in [0.25, 0.3) is 0 Å². The van der Waals surface area contributed by atoms with Crippen LogP contribution in [0.1, 0.15) is 24.8 Å². The number of rotatable bonds is 2. The molecule has 3 N–H and O–H groups in total. The molecule has 0 amide bonds. The molecule has 0 saturated carbocycles. The molecule has 0 unspecified atom stereocenters. The third kappa shape index (κ3) is 2.31. The third-order valence-electron chi connectivity index (χ3n) is 4.13. The highest BCUT2D eigenvalue weighted by atomic mass is 16.7. The van der Waals surface area contributed by atoms with Crippen molar-refractivity contribution < 1.29 is 24.8 Å². The second-order valence-electron chi connectivity index (χ2n) is 5.52. The average Bonchev–Trinajstić information content (AvgIpc) is 2.45. The number of ether oxygens (including phenoxy) is 2. The van der Waals surface area contributed by atoms with Gasteiger partial charge in [-0.3, -0.25) is 0 Å². The predicted molar refractivity (Wildman–Crippen MR) is 71.3 cm³/mol. The number of benzene rings is 1. The van der Waals surface area contributed by atoms with Gasteiger partial charge in [-0.25, -0.2) is 0 Å². The fraction of sp³-hybridized carbons (Fsp3) is 0.600. The molecule has 2 heterocycles. The summed E-state index contributed by atoms with van der Waals surface area (Å²) < 4.78 is 11.8. The van der Waals surface area contributed by atoms with Crippen molar-refractivity contribution in [3.05, 3.63) is 29.8 Å². The zero-order valence-electron chi connectivity index (χ0n) is 11.2. The normalized spacial score (nSPS) is 36.5. The van der Waals surface area contributed by atoms with Gasteiger partial charge in [0.1, 0.15) is 11.9 Å². The topological polar surface area (TPSA) is 79.2 Å². The predicted octanol–water partition coefficient (Wildman–Crippen LogP) is 0.601. The van der Waals surface area contributed by atoms with E-state index in [1.807, 2.05) is 24.3 Å². The van der Waals surface area contributed by atoms with Crippen LogP contribution in [-0.2, 0) is 11.2 Å². The molecular weight excluding hydrogens is 260 g/mol. The number of hydrogen-bond donors (Lipinski definition) is 3. The summed E-state index contributed by atoms with van der Waals surface area (Å²) in [5.74, 6) is -0.513. The molecule has 110 valence electrons. The van der Waals surface area contributed by atoms with Crippen molar-refractivity contribution >= 4 is 0 Å². The van der Waals surface area contributed by atoms with E-state index in [1.165, 1.54) is 0 Å². The number of fused-ring (bicyclic) bond motifs is 1. The van der Waals surface area contributed by atoms with Crippen LogP contribution in [0.4, 0.5) is 0 Å². The molecule has 4 atom stereocenters. The Balaban J connectivity index is 1.87. The van der Waals surface area contributed by atoms with E-state index < -0.39 is 18.0 Å². The Morgan fingerprint density at radius 1 is 1.25 bits per heavy atom. The highest BCUT2D eigenvalue weighted by Crippen LogP contribution is 2.41. The van der Waals surface area contributed by atoms with Gasteiger partial charge < -0.3 is 24.8 Å². The summed E-state index contributed by atoms with van der Waals surface area (Å²) in [7, 11) is 0. The zero-order chi connectivity index (χ0) is 14.2. The first-order valence-corrected chi connectivity index (χ1v) is 7.06. The molecule has 0 aromatic heterocycles. The van der Waals surface area contributed by atoms with Crippen molar-refractivity contribution in [1.82, 2.24) is 0 Å². The van der Waals surface area contributed by atoms with Crippen molar-refractivity contribution in [1.29, 1.82) is 0 Å². The monoisotopic (exact) mass is 280 g/mol. The smallest absolute Gasteiger partial charge is 0.239 e. The van der Waals surface area contributed by atoms with E-state index in [2.05, 4.69) is 0 Å². The van der Waals surface area contributed by atoms with E-state index in [0.29, 0.717) is 25.0 Å². The summed E-state index contributed by atoms with van der Waals surface area (Å²) in [5, 5.41) is 29.4. The maximum Gasteiger partial charge on any atom is 0.239 e. The van der Waals surface area contributed by atoms with Crippen LogP contribution in [-0.4, -0.2) is 46.0 Å². The van der Waals surface area contributed by atoms with Gasteiger partial charge in [-0.05, 0) is 24.5 Å². The van der Waals surface area contributed by atoms with Gasteiger partial charge in [-0.15, -0.1) is 0 Å². The van der Waals surface area contributed by atoms with Crippen LogP contribution < -0.4 is 4.74 Å². The summed E-state index contributed by atoms with van der Waals surface area (Å²) in [4.78, 5) is 0. The summed E-state index contributed by atoms with van der Waals surface area (Å²) in [6, 6.07) is 7.64. The minimum absolute atomic E-state index is 0.0137. The Morgan fingerprint density at radius 3 is 2.85 bits per heavy atom. The fourth-order valence-corrected chi connectivity index (χ4v) is 3.06. The van der Waals surface area contributed by atoms with Crippen LogP contribution in [0, 0.1) is 0 Å². The van der Waals surface area contributed by atoms with E-state index >= 15 is 0 Å². The Kier molecular flexibility index (Phi) is 3.69. The van der Waals surface area contributed by atoms with Crippen molar-refractivity contribution in [3.8, 4) is 5.75 Å². The van der Waals surface area contributed by atoms with Crippen LogP contribution in [0.3, 0.4) is 0 Å². The average molecular weight is 280 g/mol. The maximum atomic E-state index is 10.3. The molecule has 1 aromatic carbocycles. The SMILES string of the molecule is OCC[C@H]1C[C@@H](O)[C@H](O)[C@@]2(CCc3ccccc3O2)O1. The molecule has 2 aliphatic heterocycles. The molecule has 1 aromatic rings. The van der Waals surface area contributed by atoms with E-state index in [4.69, 9.17) is 14.6 Å². The van der Waals surface area contributed by atoms with Gasteiger partial charge >= 0.3 is 0 Å². The van der Waals surface area contributed by atoms with Gasteiger partial charge in [0.2, 0.25) is 5.79 Å². The van der Waals surface area contributed by atoms with Gasteiger partial charge in [0, 0.05) is 19.4 Å². The van der Waals surface area contributed by atoms with Crippen LogP contribution in [0.5, 0.6) is 5.75 Å². The van der Waals surface area contributed by atoms with Gasteiger partial charge in [0.15, 0.2) is 0 Å². The molecule has 0 radical (unpaired) electrons.